The highest BCUT2D eigenvalue weighted by Gasteiger charge is 2.44. The van der Waals surface area contributed by atoms with Crippen LogP contribution in [0.2, 0.25) is 0 Å². The van der Waals surface area contributed by atoms with Gasteiger partial charge in [-0.2, -0.15) is 0 Å². The molecular formula is C11H13FN6O2. The number of imidazole rings is 1. The van der Waals surface area contributed by atoms with Crippen LogP contribution in [0.25, 0.3) is 11.2 Å². The highest BCUT2D eigenvalue weighted by atomic mass is 19.1. The number of hydrogen-bond acceptors (Lipinski definition) is 5. The van der Waals surface area contributed by atoms with E-state index < -0.39 is 11.6 Å². The molecule has 1 aliphatic rings. The van der Waals surface area contributed by atoms with E-state index in [0.717, 1.165) is 0 Å². The monoisotopic (exact) mass is 280 g/mol. The van der Waals surface area contributed by atoms with E-state index in [1.165, 1.54) is 10.9 Å². The number of halogens is 1. The summed E-state index contributed by atoms with van der Waals surface area (Å²) < 4.78 is 15.6. The number of aryl methyl sites for hydroxylation is 1. The number of nitrogens with zero attached hydrogens (tertiary/aromatic N) is 4. The molecule has 1 unspecified atom stereocenters. The Kier molecular flexibility index (Phi) is 2.53. The number of nitrogens with two attached hydrogens (primary N) is 1. The number of H-pyrrole nitrogens is 1. The van der Waals surface area contributed by atoms with Crippen molar-refractivity contribution in [2.24, 2.45) is 12.8 Å². The Labute approximate surface area is 112 Å². The maximum Gasteiger partial charge on any atom is 0.327 e. The third-order valence-electron chi connectivity index (χ3n) is 3.62. The van der Waals surface area contributed by atoms with Gasteiger partial charge in [-0.25, -0.2) is 19.2 Å². The third kappa shape index (κ3) is 1.66. The molecule has 2 aromatic rings. The van der Waals surface area contributed by atoms with Gasteiger partial charge in [-0.3, -0.25) is 9.36 Å². The molecule has 8 nitrogen and oxygen atoms in total. The molecule has 0 aliphatic carbocycles. The molecule has 1 saturated heterocycles. The maximum atomic E-state index is 14.2. The van der Waals surface area contributed by atoms with Gasteiger partial charge in [0.2, 0.25) is 5.67 Å². The summed E-state index contributed by atoms with van der Waals surface area (Å²) in [5.74, 6) is -0.583. The van der Waals surface area contributed by atoms with Crippen molar-refractivity contribution < 1.29 is 9.18 Å². The lowest BCUT2D eigenvalue weighted by atomic mass is 10.1. The van der Waals surface area contributed by atoms with Crippen LogP contribution in [-0.2, 0) is 11.8 Å². The Hall–Kier alpha value is -2.45. The highest BCUT2D eigenvalue weighted by molar-refractivity contribution is 5.87. The molecule has 0 radical (unpaired) electrons. The van der Waals surface area contributed by atoms with E-state index >= 15 is 0 Å². The number of carbonyl (C=O) groups excluding carboxylic acids is 1. The number of anilines is 1. The lowest BCUT2D eigenvalue weighted by molar-refractivity contribution is -0.128. The summed E-state index contributed by atoms with van der Waals surface area (Å²) in [6.45, 7) is 0.119. The van der Waals surface area contributed by atoms with Crippen molar-refractivity contribution in [2.45, 2.75) is 12.1 Å². The second-order valence-corrected chi connectivity index (χ2v) is 4.89. The average Bonchev–Trinajstić information content (AvgIpc) is 2.93. The van der Waals surface area contributed by atoms with Gasteiger partial charge >= 0.3 is 5.69 Å². The van der Waals surface area contributed by atoms with E-state index in [-0.39, 0.29) is 18.7 Å². The Morgan fingerprint density at radius 2 is 2.30 bits per heavy atom. The molecule has 3 N–H and O–H groups in total. The number of primary amides is 1. The van der Waals surface area contributed by atoms with E-state index in [1.807, 2.05) is 0 Å². The molecule has 9 heteroatoms. The number of aromatic amines is 1. The van der Waals surface area contributed by atoms with Gasteiger partial charge in [0.25, 0.3) is 5.91 Å². The first-order valence-corrected chi connectivity index (χ1v) is 6.06. The Morgan fingerprint density at radius 1 is 1.55 bits per heavy atom. The highest BCUT2D eigenvalue weighted by Crippen LogP contribution is 2.30. The molecule has 106 valence electrons. The van der Waals surface area contributed by atoms with Crippen molar-refractivity contribution in [3.63, 3.8) is 0 Å². The van der Waals surface area contributed by atoms with E-state index in [9.17, 15) is 14.0 Å². The van der Waals surface area contributed by atoms with Crippen molar-refractivity contribution in [1.82, 2.24) is 19.5 Å². The molecule has 20 heavy (non-hydrogen) atoms. The first-order valence-electron chi connectivity index (χ1n) is 6.06. The number of carbonyl (C=O) groups is 1. The number of nitrogens with one attached hydrogen (secondary N) is 1. The van der Waals surface area contributed by atoms with Crippen LogP contribution in [0.4, 0.5) is 10.2 Å². The van der Waals surface area contributed by atoms with Gasteiger partial charge in [0, 0.05) is 20.0 Å². The largest absolute Gasteiger partial charge is 0.367 e. The Balaban J connectivity index is 2.06. The molecule has 3 heterocycles. The normalized spacial score (nSPS) is 22.6. The summed E-state index contributed by atoms with van der Waals surface area (Å²) in [5, 5.41) is 0. The van der Waals surface area contributed by atoms with E-state index in [4.69, 9.17) is 5.73 Å². The molecule has 1 atom stereocenters. The van der Waals surface area contributed by atoms with Crippen molar-refractivity contribution in [2.75, 3.05) is 18.0 Å². The minimum atomic E-state index is -2.06. The molecule has 0 spiro atoms. The Bertz CT molecular complexity index is 753. The molecule has 3 rings (SSSR count). The number of amides is 1. The molecule has 0 saturated carbocycles. The summed E-state index contributed by atoms with van der Waals surface area (Å²) in [6, 6.07) is 0. The first-order chi connectivity index (χ1) is 9.42. The lowest BCUT2D eigenvalue weighted by Crippen LogP contribution is -2.42. The summed E-state index contributed by atoms with van der Waals surface area (Å²) in [4.78, 5) is 35.1. The van der Waals surface area contributed by atoms with Crippen LogP contribution in [0.1, 0.15) is 6.42 Å². The summed E-state index contributed by atoms with van der Waals surface area (Å²) in [6.07, 6.45) is 1.30. The van der Waals surface area contributed by atoms with Crippen molar-refractivity contribution >= 4 is 22.9 Å². The van der Waals surface area contributed by atoms with E-state index in [2.05, 4.69) is 15.0 Å². The fourth-order valence-corrected chi connectivity index (χ4v) is 2.41. The van der Waals surface area contributed by atoms with Crippen LogP contribution in [0.15, 0.2) is 11.1 Å². The molecule has 1 amide bonds. The van der Waals surface area contributed by atoms with Crippen LogP contribution in [-0.4, -0.2) is 44.2 Å². The van der Waals surface area contributed by atoms with Crippen LogP contribution in [0.3, 0.4) is 0 Å². The molecule has 1 aliphatic heterocycles. The second kappa shape index (κ2) is 4.02. The van der Waals surface area contributed by atoms with E-state index in [1.54, 1.807) is 11.9 Å². The molecule has 1 fully saturated rings. The van der Waals surface area contributed by atoms with Crippen LogP contribution in [0, 0.1) is 0 Å². The molecular weight excluding hydrogens is 267 g/mol. The van der Waals surface area contributed by atoms with Gasteiger partial charge in [0.15, 0.2) is 11.5 Å². The number of hydrogen-bond donors (Lipinski definition) is 2. The van der Waals surface area contributed by atoms with E-state index in [0.29, 0.717) is 23.5 Å². The fourth-order valence-electron chi connectivity index (χ4n) is 2.41. The fraction of sp³-hybridized carbons (Fsp3) is 0.455. The zero-order valence-electron chi connectivity index (χ0n) is 10.8. The van der Waals surface area contributed by atoms with Crippen molar-refractivity contribution in [3.8, 4) is 0 Å². The second-order valence-electron chi connectivity index (χ2n) is 4.89. The number of alkyl halides is 1. The van der Waals surface area contributed by atoms with Gasteiger partial charge in [-0.15, -0.1) is 0 Å². The van der Waals surface area contributed by atoms with Crippen molar-refractivity contribution in [3.05, 3.63) is 16.8 Å². The Morgan fingerprint density at radius 3 is 2.95 bits per heavy atom. The molecule has 0 bridgehead atoms. The van der Waals surface area contributed by atoms with Crippen LogP contribution >= 0.6 is 0 Å². The van der Waals surface area contributed by atoms with Gasteiger partial charge < -0.3 is 15.6 Å². The van der Waals surface area contributed by atoms with Crippen molar-refractivity contribution in [1.29, 1.82) is 0 Å². The van der Waals surface area contributed by atoms with Gasteiger partial charge in [-0.1, -0.05) is 0 Å². The first kappa shape index (κ1) is 12.6. The zero-order valence-corrected chi connectivity index (χ0v) is 10.8. The number of rotatable bonds is 2. The zero-order chi connectivity index (χ0) is 14.5. The third-order valence-corrected chi connectivity index (χ3v) is 3.62. The minimum Gasteiger partial charge on any atom is -0.367 e. The SMILES string of the molecule is Cn1c(=O)[nH]c2c(N3CCC(F)(C(N)=O)C3)ncnc21. The predicted octanol–water partition coefficient (Wildman–Crippen LogP) is -0.940. The smallest absolute Gasteiger partial charge is 0.327 e. The molecule has 2 aromatic heterocycles. The average molecular weight is 280 g/mol. The van der Waals surface area contributed by atoms with Gasteiger partial charge in [0.05, 0.1) is 6.54 Å². The quantitative estimate of drug-likeness (QED) is 0.737. The summed E-state index contributed by atoms with van der Waals surface area (Å²) >= 11 is 0. The summed E-state index contributed by atoms with van der Waals surface area (Å²) in [7, 11) is 1.57. The number of aromatic nitrogens is 4. The van der Waals surface area contributed by atoms with Gasteiger partial charge in [0.1, 0.15) is 11.8 Å². The lowest BCUT2D eigenvalue weighted by Gasteiger charge is -2.19. The topological polar surface area (TPSA) is 110 Å². The standard InChI is InChI=1S/C11H13FN6O2/c1-17-7-6(16-10(17)20)8(15-5-14-7)18-3-2-11(12,4-18)9(13)19/h5H,2-4H2,1H3,(H2,13,19)(H,16,20). The predicted molar refractivity (Wildman–Crippen MR) is 69.0 cm³/mol. The minimum absolute atomic E-state index is 0.00486. The van der Waals surface area contributed by atoms with Crippen LogP contribution in [0.5, 0.6) is 0 Å². The number of fused-ring (bicyclic) bond motifs is 1. The maximum absolute atomic E-state index is 14.2. The molecule has 0 aromatic carbocycles. The van der Waals surface area contributed by atoms with Crippen LogP contribution < -0.4 is 16.3 Å². The summed E-state index contributed by atoms with van der Waals surface area (Å²) in [5.41, 5.74) is 3.53. The van der Waals surface area contributed by atoms with Gasteiger partial charge in [-0.05, 0) is 0 Å².